The number of carbonyl (C=O) groups excluding carboxylic acids is 2. The molecule has 1 aliphatic rings. The van der Waals surface area contributed by atoms with Crippen LogP contribution >= 0.6 is 0 Å². The van der Waals surface area contributed by atoms with Crippen LogP contribution in [0.3, 0.4) is 0 Å². The third kappa shape index (κ3) is 5.26. The Bertz CT molecular complexity index is 1210. The van der Waals surface area contributed by atoms with Crippen LogP contribution in [0.15, 0.2) is 40.5 Å². The highest BCUT2D eigenvalue weighted by Crippen LogP contribution is 2.44. The van der Waals surface area contributed by atoms with E-state index < -0.39 is 17.9 Å². The Kier molecular flexibility index (Phi) is 8.04. The van der Waals surface area contributed by atoms with E-state index in [4.69, 9.17) is 14.2 Å². The highest BCUT2D eigenvalue weighted by molar-refractivity contribution is 5.96. The summed E-state index contributed by atoms with van der Waals surface area (Å²) in [6.07, 6.45) is 2.47. The number of anilines is 1. The minimum absolute atomic E-state index is 0.224. The number of aryl methyl sites for hydroxylation is 1. The first-order valence-corrected chi connectivity index (χ1v) is 11.9. The van der Waals surface area contributed by atoms with Gasteiger partial charge in [0.05, 0.1) is 47.6 Å². The van der Waals surface area contributed by atoms with Crippen LogP contribution in [-0.2, 0) is 14.3 Å². The molecule has 1 aromatic heterocycles. The van der Waals surface area contributed by atoms with E-state index in [0.29, 0.717) is 52.2 Å². The zero-order chi connectivity index (χ0) is 25.9. The number of fused-ring (bicyclic) bond motifs is 1. The molecular formula is C27H34N2O6. The molecule has 0 saturated heterocycles. The SMILES string of the molecule is CCC(C)OC(=O)C1=C(C)Nc2c(C)c[nH]c(=O)c2C1c1ccc(C(=O)OC(C)CC)cc1OC. The summed E-state index contributed by atoms with van der Waals surface area (Å²) >= 11 is 0. The maximum Gasteiger partial charge on any atom is 0.338 e. The average Bonchev–Trinajstić information content (AvgIpc) is 2.84. The Morgan fingerprint density at radius 3 is 2.26 bits per heavy atom. The minimum Gasteiger partial charge on any atom is -0.496 e. The van der Waals surface area contributed by atoms with Crippen molar-refractivity contribution in [1.82, 2.24) is 4.98 Å². The van der Waals surface area contributed by atoms with Gasteiger partial charge in [-0.1, -0.05) is 19.9 Å². The zero-order valence-corrected chi connectivity index (χ0v) is 21.4. The number of ether oxygens (including phenoxy) is 3. The first kappa shape index (κ1) is 26.1. The summed E-state index contributed by atoms with van der Waals surface area (Å²) in [5, 5.41) is 3.23. The summed E-state index contributed by atoms with van der Waals surface area (Å²) in [6, 6.07) is 4.91. The first-order valence-electron chi connectivity index (χ1n) is 11.9. The number of nitrogens with one attached hydrogen (secondary N) is 2. The van der Waals surface area contributed by atoms with Gasteiger partial charge in [0.2, 0.25) is 0 Å². The summed E-state index contributed by atoms with van der Waals surface area (Å²) in [5.74, 6) is -1.38. The van der Waals surface area contributed by atoms with Crippen LogP contribution in [-0.4, -0.2) is 36.2 Å². The fourth-order valence-electron chi connectivity index (χ4n) is 4.03. The van der Waals surface area contributed by atoms with Crippen molar-refractivity contribution in [3.8, 4) is 5.75 Å². The molecule has 8 nitrogen and oxygen atoms in total. The molecule has 0 aliphatic carbocycles. The standard InChI is InChI=1S/C27H34N2O6/c1-8-15(4)34-26(31)18-10-11-19(20(12-18)33-7)22-21(27(32)35-16(5)9-2)17(6)29-24-14(3)13-28-25(30)23(22)24/h10-13,15-16,22,29H,8-9H2,1-7H3,(H,28,30). The van der Waals surface area contributed by atoms with Crippen molar-refractivity contribution in [3.05, 3.63) is 68.3 Å². The molecule has 3 atom stereocenters. The number of benzene rings is 1. The van der Waals surface area contributed by atoms with Crippen molar-refractivity contribution in [2.24, 2.45) is 0 Å². The minimum atomic E-state index is -0.763. The topological polar surface area (TPSA) is 107 Å². The van der Waals surface area contributed by atoms with Gasteiger partial charge in [0, 0.05) is 17.5 Å². The van der Waals surface area contributed by atoms with Gasteiger partial charge in [0.25, 0.3) is 5.56 Å². The molecule has 3 unspecified atom stereocenters. The third-order valence-electron chi connectivity index (χ3n) is 6.39. The van der Waals surface area contributed by atoms with Crippen molar-refractivity contribution >= 4 is 17.6 Å². The van der Waals surface area contributed by atoms with Gasteiger partial charge in [-0.25, -0.2) is 9.59 Å². The van der Waals surface area contributed by atoms with Gasteiger partial charge < -0.3 is 24.5 Å². The second-order valence-electron chi connectivity index (χ2n) is 8.89. The van der Waals surface area contributed by atoms with Crippen LogP contribution in [0.25, 0.3) is 0 Å². The maximum absolute atomic E-state index is 13.3. The van der Waals surface area contributed by atoms with Crippen LogP contribution < -0.4 is 15.6 Å². The molecule has 0 fully saturated rings. The number of hydrogen-bond acceptors (Lipinski definition) is 7. The van der Waals surface area contributed by atoms with Crippen LogP contribution in [0.5, 0.6) is 5.75 Å². The number of esters is 2. The van der Waals surface area contributed by atoms with Gasteiger partial charge in [-0.15, -0.1) is 0 Å². The predicted molar refractivity (Wildman–Crippen MR) is 134 cm³/mol. The summed E-state index contributed by atoms with van der Waals surface area (Å²) in [7, 11) is 1.48. The maximum atomic E-state index is 13.3. The Morgan fingerprint density at radius 2 is 1.66 bits per heavy atom. The number of methoxy groups -OCH3 is 1. The fraction of sp³-hybridized carbons (Fsp3) is 0.444. The molecule has 2 aromatic rings. The number of aromatic amines is 1. The van der Waals surface area contributed by atoms with Gasteiger partial charge in [0.1, 0.15) is 5.75 Å². The summed E-state index contributed by atoms with van der Waals surface area (Å²) in [4.78, 5) is 41.8. The van der Waals surface area contributed by atoms with Crippen molar-refractivity contribution < 1.29 is 23.8 Å². The third-order valence-corrected chi connectivity index (χ3v) is 6.39. The number of aromatic nitrogens is 1. The van der Waals surface area contributed by atoms with Gasteiger partial charge in [-0.3, -0.25) is 4.79 Å². The van der Waals surface area contributed by atoms with Gasteiger partial charge in [0.15, 0.2) is 0 Å². The number of hydrogen-bond donors (Lipinski definition) is 2. The molecule has 0 saturated carbocycles. The van der Waals surface area contributed by atoms with Crippen molar-refractivity contribution in [2.75, 3.05) is 12.4 Å². The average molecular weight is 483 g/mol. The fourth-order valence-corrected chi connectivity index (χ4v) is 4.03. The number of H-pyrrole nitrogens is 1. The lowest BCUT2D eigenvalue weighted by atomic mass is 9.80. The Balaban J connectivity index is 2.20. The molecule has 1 aromatic carbocycles. The molecule has 8 heteroatoms. The molecule has 0 spiro atoms. The van der Waals surface area contributed by atoms with Crippen LogP contribution in [0.1, 0.15) is 80.4 Å². The van der Waals surface area contributed by atoms with E-state index >= 15 is 0 Å². The molecule has 2 N–H and O–H groups in total. The molecule has 2 heterocycles. The van der Waals surface area contributed by atoms with E-state index in [-0.39, 0.29) is 17.8 Å². The molecule has 188 valence electrons. The van der Waals surface area contributed by atoms with E-state index in [1.165, 1.54) is 7.11 Å². The lowest BCUT2D eigenvalue weighted by Crippen LogP contribution is -2.31. The Labute approximate surface area is 205 Å². The Morgan fingerprint density at radius 1 is 1.03 bits per heavy atom. The van der Waals surface area contributed by atoms with Crippen molar-refractivity contribution in [2.45, 2.75) is 72.5 Å². The number of carbonyl (C=O) groups is 2. The van der Waals surface area contributed by atoms with Gasteiger partial charge in [-0.2, -0.15) is 0 Å². The second kappa shape index (κ2) is 10.8. The lowest BCUT2D eigenvalue weighted by molar-refractivity contribution is -0.143. The van der Waals surface area contributed by atoms with Crippen LogP contribution in [0, 0.1) is 6.92 Å². The summed E-state index contributed by atoms with van der Waals surface area (Å²) in [5.41, 5.74) is 3.33. The zero-order valence-electron chi connectivity index (χ0n) is 21.4. The molecular weight excluding hydrogens is 448 g/mol. The van der Waals surface area contributed by atoms with Crippen molar-refractivity contribution in [3.63, 3.8) is 0 Å². The van der Waals surface area contributed by atoms with Gasteiger partial charge >= 0.3 is 11.9 Å². The highest BCUT2D eigenvalue weighted by atomic mass is 16.5. The van der Waals surface area contributed by atoms with E-state index in [1.54, 1.807) is 31.3 Å². The molecule has 0 amide bonds. The number of rotatable bonds is 8. The number of pyridine rings is 1. The lowest BCUT2D eigenvalue weighted by Gasteiger charge is -2.31. The normalized spacial score (nSPS) is 16.6. The number of allylic oxidation sites excluding steroid dienone is 1. The van der Waals surface area contributed by atoms with Crippen LogP contribution in [0.4, 0.5) is 5.69 Å². The first-order chi connectivity index (χ1) is 16.6. The van der Waals surface area contributed by atoms with Crippen molar-refractivity contribution in [1.29, 1.82) is 0 Å². The quantitative estimate of drug-likeness (QED) is 0.520. The summed E-state index contributed by atoms with van der Waals surface area (Å²) < 4.78 is 16.8. The smallest absolute Gasteiger partial charge is 0.338 e. The Hall–Kier alpha value is -3.55. The summed E-state index contributed by atoms with van der Waals surface area (Å²) in [6.45, 7) is 11.2. The van der Waals surface area contributed by atoms with E-state index in [9.17, 15) is 14.4 Å². The predicted octanol–water partition coefficient (Wildman–Crippen LogP) is 4.82. The second-order valence-corrected chi connectivity index (χ2v) is 8.89. The van der Waals surface area contributed by atoms with E-state index in [0.717, 1.165) is 5.56 Å². The molecule has 35 heavy (non-hydrogen) atoms. The van der Waals surface area contributed by atoms with E-state index in [1.807, 2.05) is 34.6 Å². The molecule has 3 rings (SSSR count). The highest BCUT2D eigenvalue weighted by Gasteiger charge is 2.38. The molecule has 0 bridgehead atoms. The van der Waals surface area contributed by atoms with Gasteiger partial charge in [-0.05, 0) is 58.2 Å². The monoisotopic (exact) mass is 482 g/mol. The van der Waals surface area contributed by atoms with E-state index in [2.05, 4.69) is 10.3 Å². The molecule has 0 radical (unpaired) electrons. The largest absolute Gasteiger partial charge is 0.496 e. The van der Waals surface area contributed by atoms with Crippen LogP contribution in [0.2, 0.25) is 0 Å². The molecule has 1 aliphatic heterocycles.